The van der Waals surface area contributed by atoms with Gasteiger partial charge >= 0.3 is 0 Å². The first-order valence-electron chi connectivity index (χ1n) is 10.4. The van der Waals surface area contributed by atoms with E-state index in [-0.39, 0.29) is 0 Å². The van der Waals surface area contributed by atoms with Crippen molar-refractivity contribution in [3.63, 3.8) is 0 Å². The molecule has 6 heteroatoms. The first kappa shape index (κ1) is 20.2. The van der Waals surface area contributed by atoms with Gasteiger partial charge in [0.1, 0.15) is 5.76 Å². The van der Waals surface area contributed by atoms with E-state index in [0.717, 1.165) is 79.5 Å². The summed E-state index contributed by atoms with van der Waals surface area (Å²) in [4.78, 5) is 9.57. The molecule has 1 fully saturated rings. The van der Waals surface area contributed by atoms with Crippen LogP contribution in [0.2, 0.25) is 5.02 Å². The van der Waals surface area contributed by atoms with Crippen LogP contribution in [0.25, 0.3) is 10.9 Å². The molecule has 1 unspecified atom stereocenters. The second kappa shape index (κ2) is 9.61. The molecule has 1 aliphatic heterocycles. The van der Waals surface area contributed by atoms with Crippen LogP contribution in [0.3, 0.4) is 0 Å². The fourth-order valence-corrected chi connectivity index (χ4v) is 4.30. The Morgan fingerprint density at radius 2 is 2.07 bits per heavy atom. The molecule has 1 saturated heterocycles. The summed E-state index contributed by atoms with van der Waals surface area (Å²) in [6.45, 7) is 6.63. The second-order valence-electron chi connectivity index (χ2n) is 7.65. The quantitative estimate of drug-likeness (QED) is 0.691. The normalized spacial score (nSPS) is 20.6. The molecule has 2 aliphatic rings. The molecule has 0 saturated carbocycles. The smallest absolute Gasteiger partial charge is 0.114 e. The highest BCUT2D eigenvalue weighted by Crippen LogP contribution is 2.24. The van der Waals surface area contributed by atoms with Crippen molar-refractivity contribution in [2.75, 3.05) is 51.7 Å². The number of anilines is 1. The number of nitrogens with zero attached hydrogens (tertiary/aromatic N) is 3. The van der Waals surface area contributed by atoms with E-state index in [1.807, 2.05) is 30.5 Å². The Balaban J connectivity index is 1.19. The topological polar surface area (TPSA) is 40.6 Å². The van der Waals surface area contributed by atoms with Crippen LogP contribution < -0.4 is 5.32 Å². The van der Waals surface area contributed by atoms with Crippen LogP contribution in [-0.2, 0) is 4.74 Å². The Kier molecular flexibility index (Phi) is 6.70. The molecule has 0 spiro atoms. The fraction of sp³-hybridized carbons (Fsp3) is 0.435. The average Bonchev–Trinajstić information content (AvgIpc) is 2.77. The van der Waals surface area contributed by atoms with E-state index in [1.54, 1.807) is 7.11 Å². The third kappa shape index (κ3) is 5.10. The Hall–Kier alpha value is -2.08. The zero-order valence-electron chi connectivity index (χ0n) is 17.0. The number of allylic oxidation sites excluding steroid dienone is 1. The maximum absolute atomic E-state index is 6.08. The molecular weight excluding hydrogens is 384 g/mol. The van der Waals surface area contributed by atoms with Gasteiger partial charge in [0.05, 0.1) is 12.6 Å². The summed E-state index contributed by atoms with van der Waals surface area (Å²) in [5.74, 6) is 0.984. The lowest BCUT2D eigenvalue weighted by molar-refractivity contribution is 0.111. The van der Waals surface area contributed by atoms with Crippen molar-refractivity contribution >= 4 is 28.2 Å². The SMILES string of the molecule is COC1=CCC(N2CCN(CCCNc3ccnc4cc(Cl)ccc34)CC2)C=C1. The van der Waals surface area contributed by atoms with Crippen LogP contribution in [0.15, 0.2) is 54.4 Å². The van der Waals surface area contributed by atoms with E-state index in [2.05, 4.69) is 38.3 Å². The first-order valence-corrected chi connectivity index (χ1v) is 10.8. The monoisotopic (exact) mass is 412 g/mol. The van der Waals surface area contributed by atoms with Gasteiger partial charge in [0.2, 0.25) is 0 Å². The highest BCUT2D eigenvalue weighted by Gasteiger charge is 2.22. The van der Waals surface area contributed by atoms with Gasteiger partial charge in [-0.2, -0.15) is 0 Å². The summed E-state index contributed by atoms with van der Waals surface area (Å²) in [5.41, 5.74) is 2.06. The predicted molar refractivity (Wildman–Crippen MR) is 121 cm³/mol. The van der Waals surface area contributed by atoms with Crippen molar-refractivity contribution in [1.29, 1.82) is 0 Å². The molecule has 5 nitrogen and oxygen atoms in total. The number of halogens is 1. The van der Waals surface area contributed by atoms with Crippen molar-refractivity contribution in [2.24, 2.45) is 0 Å². The standard InChI is InChI=1S/C23H29ClN4O/c1-29-20-6-4-19(5-7-20)28-15-13-27(14-16-28)12-2-10-25-22-9-11-26-23-17-18(24)3-8-21(22)23/h3-4,6-9,11,17,19H,2,5,10,12-16H2,1H3,(H,25,26). The van der Waals surface area contributed by atoms with Crippen molar-refractivity contribution in [1.82, 2.24) is 14.8 Å². The molecule has 1 N–H and O–H groups in total. The predicted octanol–water partition coefficient (Wildman–Crippen LogP) is 4.17. The Morgan fingerprint density at radius 1 is 1.21 bits per heavy atom. The molecule has 154 valence electrons. The van der Waals surface area contributed by atoms with E-state index in [4.69, 9.17) is 16.3 Å². The molecule has 29 heavy (non-hydrogen) atoms. The van der Waals surface area contributed by atoms with Crippen molar-refractivity contribution in [2.45, 2.75) is 18.9 Å². The molecule has 1 aliphatic carbocycles. The molecule has 4 rings (SSSR count). The van der Waals surface area contributed by atoms with Gasteiger partial charge in [0.25, 0.3) is 0 Å². The fourth-order valence-electron chi connectivity index (χ4n) is 4.13. The van der Waals surface area contributed by atoms with E-state index in [9.17, 15) is 0 Å². The number of aromatic nitrogens is 1. The maximum atomic E-state index is 6.08. The van der Waals surface area contributed by atoms with Gasteiger partial charge in [0, 0.05) is 61.1 Å². The van der Waals surface area contributed by atoms with Crippen LogP contribution in [0.1, 0.15) is 12.8 Å². The molecule has 1 aromatic carbocycles. The summed E-state index contributed by atoms with van der Waals surface area (Å²) >= 11 is 6.08. The average molecular weight is 413 g/mol. The number of piperazine rings is 1. The first-order chi connectivity index (χ1) is 14.2. The van der Waals surface area contributed by atoms with E-state index < -0.39 is 0 Å². The summed E-state index contributed by atoms with van der Waals surface area (Å²) in [6, 6.07) is 8.43. The third-order valence-electron chi connectivity index (χ3n) is 5.83. The molecule has 1 aromatic heterocycles. The number of fused-ring (bicyclic) bond motifs is 1. The van der Waals surface area contributed by atoms with Gasteiger partial charge in [-0.05, 0) is 55.8 Å². The van der Waals surface area contributed by atoms with Gasteiger partial charge < -0.3 is 15.0 Å². The molecule has 1 atom stereocenters. The van der Waals surface area contributed by atoms with Crippen LogP contribution in [0, 0.1) is 0 Å². The number of pyridine rings is 1. The number of methoxy groups -OCH3 is 1. The Bertz CT molecular complexity index is 890. The van der Waals surface area contributed by atoms with Gasteiger partial charge in [-0.15, -0.1) is 0 Å². The van der Waals surface area contributed by atoms with E-state index in [1.165, 1.54) is 0 Å². The summed E-state index contributed by atoms with van der Waals surface area (Å²) in [7, 11) is 1.73. The summed E-state index contributed by atoms with van der Waals surface area (Å²) in [6.07, 6.45) is 10.6. The molecule has 2 aromatic rings. The molecule has 2 heterocycles. The second-order valence-corrected chi connectivity index (χ2v) is 8.09. The van der Waals surface area contributed by atoms with Crippen molar-refractivity contribution in [3.8, 4) is 0 Å². The van der Waals surface area contributed by atoms with Crippen molar-refractivity contribution in [3.05, 3.63) is 59.5 Å². The Labute approximate surface area is 178 Å². The summed E-state index contributed by atoms with van der Waals surface area (Å²) < 4.78 is 5.29. The van der Waals surface area contributed by atoms with Crippen molar-refractivity contribution < 1.29 is 4.74 Å². The number of hydrogen-bond donors (Lipinski definition) is 1. The van der Waals surface area contributed by atoms with E-state index in [0.29, 0.717) is 6.04 Å². The lowest BCUT2D eigenvalue weighted by Crippen LogP contribution is -2.50. The summed E-state index contributed by atoms with van der Waals surface area (Å²) in [5, 5.41) is 5.41. The molecule has 0 radical (unpaired) electrons. The van der Waals surface area contributed by atoms with Gasteiger partial charge in [-0.3, -0.25) is 9.88 Å². The lowest BCUT2D eigenvalue weighted by atomic mass is 10.1. The lowest BCUT2D eigenvalue weighted by Gasteiger charge is -2.38. The number of rotatable bonds is 7. The molecule has 0 bridgehead atoms. The van der Waals surface area contributed by atoms with Gasteiger partial charge in [0.15, 0.2) is 0 Å². The minimum Gasteiger partial charge on any atom is -0.497 e. The molecule has 0 amide bonds. The van der Waals surface area contributed by atoms with Gasteiger partial charge in [-0.25, -0.2) is 0 Å². The largest absolute Gasteiger partial charge is 0.497 e. The maximum Gasteiger partial charge on any atom is 0.114 e. The van der Waals surface area contributed by atoms with Crippen LogP contribution in [0.4, 0.5) is 5.69 Å². The third-order valence-corrected chi connectivity index (χ3v) is 6.06. The number of benzene rings is 1. The number of hydrogen-bond acceptors (Lipinski definition) is 5. The highest BCUT2D eigenvalue weighted by atomic mass is 35.5. The molecular formula is C23H29ClN4O. The minimum absolute atomic E-state index is 0.520. The minimum atomic E-state index is 0.520. The van der Waals surface area contributed by atoms with Crippen LogP contribution >= 0.6 is 11.6 Å². The highest BCUT2D eigenvalue weighted by molar-refractivity contribution is 6.31. The number of ether oxygens (including phenoxy) is 1. The van der Waals surface area contributed by atoms with Crippen LogP contribution in [0.5, 0.6) is 0 Å². The zero-order valence-corrected chi connectivity index (χ0v) is 17.7. The van der Waals surface area contributed by atoms with Crippen LogP contribution in [-0.4, -0.2) is 67.2 Å². The zero-order chi connectivity index (χ0) is 20.1. The Morgan fingerprint density at radius 3 is 2.83 bits per heavy atom. The van der Waals surface area contributed by atoms with E-state index >= 15 is 0 Å². The number of nitrogens with one attached hydrogen (secondary N) is 1. The van der Waals surface area contributed by atoms with Gasteiger partial charge in [-0.1, -0.05) is 17.7 Å².